The number of amides is 1. The third-order valence-corrected chi connectivity index (χ3v) is 5.95. The summed E-state index contributed by atoms with van der Waals surface area (Å²) in [5.41, 5.74) is 3.36. The fourth-order valence-corrected chi connectivity index (χ4v) is 4.45. The van der Waals surface area contributed by atoms with Crippen LogP contribution in [-0.2, 0) is 4.74 Å². The van der Waals surface area contributed by atoms with Gasteiger partial charge in [-0.25, -0.2) is 4.98 Å². The van der Waals surface area contributed by atoms with Gasteiger partial charge in [-0.2, -0.15) is 0 Å². The van der Waals surface area contributed by atoms with Crippen LogP contribution >= 0.6 is 11.3 Å². The van der Waals surface area contributed by atoms with Crippen LogP contribution in [0.3, 0.4) is 0 Å². The molecule has 0 atom stereocenters. The lowest BCUT2D eigenvalue weighted by Gasteiger charge is -2.25. The van der Waals surface area contributed by atoms with Gasteiger partial charge in [0.2, 0.25) is 0 Å². The molecule has 1 amide bonds. The lowest BCUT2D eigenvalue weighted by atomic mass is 10.1. The molecule has 0 radical (unpaired) electrons. The van der Waals surface area contributed by atoms with E-state index in [4.69, 9.17) is 14.1 Å². The number of anilines is 2. The molecule has 0 aliphatic carbocycles. The van der Waals surface area contributed by atoms with Crippen molar-refractivity contribution in [2.75, 3.05) is 36.5 Å². The summed E-state index contributed by atoms with van der Waals surface area (Å²) in [5, 5.41) is 3.94. The minimum atomic E-state index is -0.272. The Morgan fingerprint density at radius 1 is 1.07 bits per heavy atom. The third kappa shape index (κ3) is 3.62. The van der Waals surface area contributed by atoms with Crippen molar-refractivity contribution in [3.8, 4) is 11.1 Å². The number of ether oxygens (including phenoxy) is 1. The van der Waals surface area contributed by atoms with Gasteiger partial charge in [-0.1, -0.05) is 41.7 Å². The number of hydrogen-bond acceptors (Lipinski definition) is 6. The van der Waals surface area contributed by atoms with Crippen molar-refractivity contribution in [1.82, 2.24) is 4.98 Å². The maximum Gasteiger partial charge on any atom is 0.292 e. The van der Waals surface area contributed by atoms with Gasteiger partial charge in [-0.15, -0.1) is 0 Å². The molecule has 0 unspecified atom stereocenters. The number of morpholine rings is 1. The summed E-state index contributed by atoms with van der Waals surface area (Å²) < 4.78 is 11.9. The van der Waals surface area contributed by atoms with Gasteiger partial charge in [-0.05, 0) is 29.8 Å². The van der Waals surface area contributed by atoms with Crippen molar-refractivity contribution in [2.24, 2.45) is 0 Å². The number of nitrogens with one attached hydrogen (secondary N) is 1. The number of fused-ring (bicyclic) bond motifs is 1. The molecule has 0 spiro atoms. The summed E-state index contributed by atoms with van der Waals surface area (Å²) in [7, 11) is 0. The first-order chi connectivity index (χ1) is 14.3. The number of carbonyl (C=O) groups excluding carboxylic acids is 1. The quantitative estimate of drug-likeness (QED) is 0.535. The van der Waals surface area contributed by atoms with E-state index in [0.29, 0.717) is 5.76 Å². The Morgan fingerprint density at radius 2 is 1.90 bits per heavy atom. The molecule has 0 saturated carbocycles. The molecule has 2 aromatic carbocycles. The van der Waals surface area contributed by atoms with Gasteiger partial charge in [0, 0.05) is 24.3 Å². The molecule has 1 saturated heterocycles. The zero-order chi connectivity index (χ0) is 19.6. The Balaban J connectivity index is 1.38. The molecule has 0 bridgehead atoms. The lowest BCUT2D eigenvalue weighted by Crippen LogP contribution is -2.36. The van der Waals surface area contributed by atoms with Crippen molar-refractivity contribution in [2.45, 2.75) is 0 Å². The molecular formula is C22H19N3O3S. The third-order valence-electron chi connectivity index (χ3n) is 4.87. The highest BCUT2D eigenvalue weighted by Crippen LogP contribution is 2.32. The molecule has 29 heavy (non-hydrogen) atoms. The van der Waals surface area contributed by atoms with E-state index in [1.54, 1.807) is 11.3 Å². The Morgan fingerprint density at radius 3 is 2.72 bits per heavy atom. The largest absolute Gasteiger partial charge is 0.459 e. The van der Waals surface area contributed by atoms with E-state index >= 15 is 0 Å². The van der Waals surface area contributed by atoms with Gasteiger partial charge in [0.1, 0.15) is 0 Å². The topological polar surface area (TPSA) is 67.6 Å². The number of rotatable bonds is 4. The van der Waals surface area contributed by atoms with E-state index in [1.165, 1.54) is 6.26 Å². The minimum Gasteiger partial charge on any atom is -0.459 e. The van der Waals surface area contributed by atoms with E-state index in [0.717, 1.165) is 58.5 Å². The van der Waals surface area contributed by atoms with Gasteiger partial charge in [0.25, 0.3) is 5.91 Å². The van der Waals surface area contributed by atoms with Crippen molar-refractivity contribution in [3.05, 3.63) is 66.6 Å². The number of carbonyl (C=O) groups is 1. The van der Waals surface area contributed by atoms with Crippen molar-refractivity contribution in [1.29, 1.82) is 0 Å². The summed E-state index contributed by atoms with van der Waals surface area (Å²) in [6, 6.07) is 17.3. The highest BCUT2D eigenvalue weighted by molar-refractivity contribution is 7.22. The molecular weight excluding hydrogens is 386 g/mol. The fraction of sp³-hybridized carbons (Fsp3) is 0.182. The van der Waals surface area contributed by atoms with Gasteiger partial charge in [0.05, 0.1) is 29.7 Å². The molecule has 4 aromatic rings. The Hall–Kier alpha value is -3.16. The van der Waals surface area contributed by atoms with Crippen LogP contribution < -0.4 is 10.2 Å². The van der Waals surface area contributed by atoms with Crippen LogP contribution in [0.4, 0.5) is 10.8 Å². The first kappa shape index (κ1) is 17.9. The highest BCUT2D eigenvalue weighted by Gasteiger charge is 2.18. The fourth-order valence-electron chi connectivity index (χ4n) is 3.40. The highest BCUT2D eigenvalue weighted by atomic mass is 32.1. The summed E-state index contributed by atoms with van der Waals surface area (Å²) >= 11 is 1.63. The Bertz CT molecular complexity index is 1150. The number of furan rings is 1. The maximum absolute atomic E-state index is 12.8. The predicted molar refractivity (Wildman–Crippen MR) is 115 cm³/mol. The Labute approximate surface area is 171 Å². The van der Waals surface area contributed by atoms with Crippen LogP contribution in [0.1, 0.15) is 10.6 Å². The van der Waals surface area contributed by atoms with Crippen LogP contribution in [0.2, 0.25) is 0 Å². The van der Waals surface area contributed by atoms with Crippen molar-refractivity contribution in [3.63, 3.8) is 0 Å². The van der Waals surface area contributed by atoms with E-state index in [2.05, 4.69) is 10.2 Å². The second-order valence-corrected chi connectivity index (χ2v) is 7.77. The smallest absolute Gasteiger partial charge is 0.292 e. The monoisotopic (exact) mass is 405 g/mol. The summed E-state index contributed by atoms with van der Waals surface area (Å²) in [4.78, 5) is 19.8. The summed E-state index contributed by atoms with van der Waals surface area (Å²) in [5.74, 6) is 0.0285. The van der Waals surface area contributed by atoms with Gasteiger partial charge in [0.15, 0.2) is 10.9 Å². The molecule has 6 nitrogen and oxygen atoms in total. The average molecular weight is 405 g/mol. The number of hydrogen-bond donors (Lipinski definition) is 1. The standard InChI is InChI=1S/C22H19N3O3S/c26-21(20-17(8-11-28-20)15-4-2-1-3-5-15)23-16-6-7-18-19(14-16)29-22(24-18)25-9-12-27-13-10-25/h1-8,11,14H,9-10,12-13H2,(H,23,26). The summed E-state index contributed by atoms with van der Waals surface area (Å²) in [6.45, 7) is 3.16. The normalized spacial score (nSPS) is 14.3. The second kappa shape index (κ2) is 7.69. The van der Waals surface area contributed by atoms with Crippen LogP contribution in [0.15, 0.2) is 65.3 Å². The van der Waals surface area contributed by atoms with E-state index in [1.807, 2.05) is 54.6 Å². The number of nitrogens with zero attached hydrogens (tertiary/aromatic N) is 2. The average Bonchev–Trinajstić information content (AvgIpc) is 3.42. The van der Waals surface area contributed by atoms with Gasteiger partial charge < -0.3 is 19.4 Å². The van der Waals surface area contributed by atoms with E-state index < -0.39 is 0 Å². The molecule has 1 fully saturated rings. The van der Waals surface area contributed by atoms with Crippen LogP contribution in [0, 0.1) is 0 Å². The number of benzene rings is 2. The molecule has 5 rings (SSSR count). The van der Waals surface area contributed by atoms with Gasteiger partial charge in [-0.3, -0.25) is 4.79 Å². The molecule has 1 aliphatic rings. The van der Waals surface area contributed by atoms with Crippen LogP contribution in [0.25, 0.3) is 21.3 Å². The number of aromatic nitrogens is 1. The first-order valence-electron chi connectivity index (χ1n) is 9.45. The molecule has 1 N–H and O–H groups in total. The van der Waals surface area contributed by atoms with E-state index in [-0.39, 0.29) is 5.91 Å². The molecule has 2 aromatic heterocycles. The minimum absolute atomic E-state index is 0.272. The molecule has 3 heterocycles. The molecule has 7 heteroatoms. The Kier molecular flexibility index (Phi) is 4.75. The summed E-state index contributed by atoms with van der Waals surface area (Å²) in [6.07, 6.45) is 1.54. The zero-order valence-corrected chi connectivity index (χ0v) is 16.4. The first-order valence-corrected chi connectivity index (χ1v) is 10.3. The zero-order valence-electron chi connectivity index (χ0n) is 15.6. The SMILES string of the molecule is O=C(Nc1ccc2nc(N3CCOCC3)sc2c1)c1occc1-c1ccccc1. The van der Waals surface area contributed by atoms with Crippen molar-refractivity contribution < 1.29 is 13.9 Å². The van der Waals surface area contributed by atoms with Crippen LogP contribution in [-0.4, -0.2) is 37.2 Å². The van der Waals surface area contributed by atoms with Crippen LogP contribution in [0.5, 0.6) is 0 Å². The lowest BCUT2D eigenvalue weighted by molar-refractivity contribution is 0.0997. The van der Waals surface area contributed by atoms with E-state index in [9.17, 15) is 4.79 Å². The van der Waals surface area contributed by atoms with Gasteiger partial charge >= 0.3 is 0 Å². The van der Waals surface area contributed by atoms with Crippen molar-refractivity contribution >= 4 is 38.3 Å². The second-order valence-electron chi connectivity index (χ2n) is 6.76. The maximum atomic E-state index is 12.8. The number of thiazole rings is 1. The molecule has 1 aliphatic heterocycles. The molecule has 146 valence electrons. The predicted octanol–water partition coefficient (Wildman–Crippen LogP) is 4.65.